The Morgan fingerprint density at radius 1 is 1.19 bits per heavy atom. The lowest BCUT2D eigenvalue weighted by molar-refractivity contribution is -0.886. The Labute approximate surface area is 97.4 Å². The minimum absolute atomic E-state index is 0.415. The Morgan fingerprint density at radius 3 is 2.44 bits per heavy atom. The van der Waals surface area contributed by atoms with E-state index in [1.54, 1.807) is 0 Å². The molecular formula is C14H20NO+. The molecule has 1 aliphatic rings. The van der Waals surface area contributed by atoms with Crippen molar-refractivity contribution in [3.05, 3.63) is 47.5 Å². The summed E-state index contributed by atoms with van der Waals surface area (Å²) in [6.07, 6.45) is 2.77. The third kappa shape index (κ3) is 2.52. The summed E-state index contributed by atoms with van der Waals surface area (Å²) in [5.74, 6) is 0. The van der Waals surface area contributed by atoms with Crippen molar-refractivity contribution in [1.82, 2.24) is 0 Å². The number of nitrogens with zero attached hydrogens (tertiary/aromatic N) is 1. The number of hydrogen-bond donors (Lipinski definition) is 1. The Bertz CT molecular complexity index is 381. The van der Waals surface area contributed by atoms with Gasteiger partial charge in [-0.25, -0.2) is 0 Å². The Balaban J connectivity index is 2.13. The van der Waals surface area contributed by atoms with Crippen molar-refractivity contribution in [1.29, 1.82) is 0 Å². The molecule has 2 rings (SSSR count). The molecule has 1 aromatic rings. The van der Waals surface area contributed by atoms with Crippen LogP contribution < -0.4 is 0 Å². The molecule has 1 aliphatic heterocycles. The van der Waals surface area contributed by atoms with Gasteiger partial charge in [0.2, 0.25) is 0 Å². The smallest absolute Gasteiger partial charge is 0.100 e. The van der Waals surface area contributed by atoms with Crippen LogP contribution in [0.2, 0.25) is 0 Å². The van der Waals surface area contributed by atoms with E-state index in [0.29, 0.717) is 0 Å². The van der Waals surface area contributed by atoms with Crippen LogP contribution in [0, 0.1) is 0 Å². The maximum absolute atomic E-state index is 10.2. The van der Waals surface area contributed by atoms with Crippen molar-refractivity contribution in [3.8, 4) is 0 Å². The predicted octanol–water partition coefficient (Wildman–Crippen LogP) is 2.13. The highest BCUT2D eigenvalue weighted by Gasteiger charge is 2.23. The van der Waals surface area contributed by atoms with Gasteiger partial charge in [0.15, 0.2) is 0 Å². The number of aliphatic hydroxyl groups is 1. The van der Waals surface area contributed by atoms with Gasteiger partial charge in [0, 0.05) is 6.42 Å². The van der Waals surface area contributed by atoms with Crippen LogP contribution in [-0.4, -0.2) is 36.8 Å². The average Bonchev–Trinajstić information content (AvgIpc) is 2.29. The van der Waals surface area contributed by atoms with E-state index in [9.17, 15) is 5.11 Å². The summed E-state index contributed by atoms with van der Waals surface area (Å²) in [5, 5.41) is 10.2. The second-order valence-electron chi connectivity index (χ2n) is 5.18. The normalized spacial score (nSPS) is 21.3. The van der Waals surface area contributed by atoms with Gasteiger partial charge in [0.1, 0.15) is 6.10 Å². The Hall–Kier alpha value is -1.12. The highest BCUT2D eigenvalue weighted by Crippen LogP contribution is 2.27. The number of rotatable bonds is 2. The summed E-state index contributed by atoms with van der Waals surface area (Å²) in [5.41, 5.74) is 2.17. The lowest BCUT2D eigenvalue weighted by Gasteiger charge is -2.33. The molecule has 16 heavy (non-hydrogen) atoms. The van der Waals surface area contributed by atoms with E-state index in [-0.39, 0.29) is 0 Å². The predicted molar refractivity (Wildman–Crippen MR) is 65.9 cm³/mol. The quantitative estimate of drug-likeness (QED) is 0.595. The van der Waals surface area contributed by atoms with Crippen molar-refractivity contribution >= 4 is 0 Å². The Kier molecular flexibility index (Phi) is 3.13. The van der Waals surface area contributed by atoms with Crippen molar-refractivity contribution in [2.24, 2.45) is 0 Å². The molecule has 0 amide bonds. The van der Waals surface area contributed by atoms with E-state index in [4.69, 9.17) is 0 Å². The topological polar surface area (TPSA) is 20.2 Å². The summed E-state index contributed by atoms with van der Waals surface area (Å²) in [4.78, 5) is 0. The SMILES string of the molecule is C[N+]1(C)CC=C(C(O)c2ccccc2)CC1. The fourth-order valence-electron chi connectivity index (χ4n) is 2.09. The van der Waals surface area contributed by atoms with Crippen molar-refractivity contribution in [3.63, 3.8) is 0 Å². The number of aliphatic hydroxyl groups excluding tert-OH is 1. The van der Waals surface area contributed by atoms with Gasteiger partial charge in [-0.2, -0.15) is 0 Å². The fourth-order valence-corrected chi connectivity index (χ4v) is 2.09. The van der Waals surface area contributed by atoms with Gasteiger partial charge in [-0.15, -0.1) is 0 Å². The second-order valence-corrected chi connectivity index (χ2v) is 5.18. The molecule has 0 bridgehead atoms. The third-order valence-corrected chi connectivity index (χ3v) is 3.32. The highest BCUT2D eigenvalue weighted by atomic mass is 16.3. The molecule has 0 spiro atoms. The largest absolute Gasteiger partial charge is 0.384 e. The first kappa shape index (κ1) is 11.4. The van der Waals surface area contributed by atoms with Gasteiger partial charge in [-0.1, -0.05) is 30.3 Å². The molecule has 0 aliphatic carbocycles. The van der Waals surface area contributed by atoms with Gasteiger partial charge in [-0.3, -0.25) is 0 Å². The molecule has 0 saturated carbocycles. The van der Waals surface area contributed by atoms with Gasteiger partial charge < -0.3 is 9.59 Å². The average molecular weight is 218 g/mol. The molecule has 0 fully saturated rings. The van der Waals surface area contributed by atoms with Crippen LogP contribution in [0.1, 0.15) is 18.1 Å². The molecule has 2 nitrogen and oxygen atoms in total. The maximum Gasteiger partial charge on any atom is 0.100 e. The zero-order chi connectivity index (χ0) is 11.6. The number of likely N-dealkylation sites (N-methyl/N-ethyl adjacent to an activating group) is 1. The first-order valence-corrected chi connectivity index (χ1v) is 5.82. The molecule has 1 aromatic carbocycles. The first-order valence-electron chi connectivity index (χ1n) is 5.82. The molecule has 1 N–H and O–H groups in total. The number of quaternary nitrogens is 1. The molecule has 0 aromatic heterocycles. The molecule has 1 atom stereocenters. The van der Waals surface area contributed by atoms with E-state index in [1.165, 1.54) is 5.57 Å². The van der Waals surface area contributed by atoms with Crippen LogP contribution in [0.15, 0.2) is 42.0 Å². The van der Waals surface area contributed by atoms with Gasteiger partial charge in [0.05, 0.1) is 27.2 Å². The van der Waals surface area contributed by atoms with E-state index in [1.807, 2.05) is 30.3 Å². The van der Waals surface area contributed by atoms with E-state index < -0.39 is 6.10 Å². The number of hydrogen-bond acceptors (Lipinski definition) is 1. The zero-order valence-electron chi connectivity index (χ0n) is 10.1. The molecule has 86 valence electrons. The van der Waals surface area contributed by atoms with Crippen LogP contribution >= 0.6 is 0 Å². The molecule has 0 saturated heterocycles. The molecule has 0 radical (unpaired) electrons. The van der Waals surface area contributed by atoms with Crippen LogP contribution in [0.4, 0.5) is 0 Å². The Morgan fingerprint density at radius 2 is 1.88 bits per heavy atom. The molecule has 1 unspecified atom stereocenters. The summed E-state index contributed by atoms with van der Waals surface area (Å²) in [6, 6.07) is 9.90. The fraction of sp³-hybridized carbons (Fsp3) is 0.429. The number of benzene rings is 1. The monoisotopic (exact) mass is 218 g/mol. The van der Waals surface area contributed by atoms with Crippen LogP contribution in [-0.2, 0) is 0 Å². The highest BCUT2D eigenvalue weighted by molar-refractivity contribution is 5.26. The van der Waals surface area contributed by atoms with Crippen molar-refractivity contribution in [2.45, 2.75) is 12.5 Å². The zero-order valence-corrected chi connectivity index (χ0v) is 10.1. The molecule has 2 heteroatoms. The second kappa shape index (κ2) is 4.40. The lowest BCUT2D eigenvalue weighted by Crippen LogP contribution is -2.43. The van der Waals surface area contributed by atoms with Gasteiger partial charge >= 0.3 is 0 Å². The van der Waals surface area contributed by atoms with E-state index in [0.717, 1.165) is 29.6 Å². The standard InChI is InChI=1S/C14H20NO/c1-15(2)10-8-13(9-11-15)14(16)12-6-4-3-5-7-12/h3-8,14,16H,9-11H2,1-2H3/q+1. The summed E-state index contributed by atoms with van der Waals surface area (Å²) >= 11 is 0. The van der Waals surface area contributed by atoms with Crippen molar-refractivity contribution < 1.29 is 9.59 Å². The maximum atomic E-state index is 10.2. The van der Waals surface area contributed by atoms with Crippen molar-refractivity contribution in [2.75, 3.05) is 27.2 Å². The van der Waals surface area contributed by atoms with Crippen LogP contribution in [0.3, 0.4) is 0 Å². The minimum atomic E-state index is -0.415. The third-order valence-electron chi connectivity index (χ3n) is 3.32. The van der Waals surface area contributed by atoms with E-state index in [2.05, 4.69) is 20.2 Å². The summed E-state index contributed by atoms with van der Waals surface area (Å²) in [6.45, 7) is 2.12. The van der Waals surface area contributed by atoms with Gasteiger partial charge in [0.25, 0.3) is 0 Å². The minimum Gasteiger partial charge on any atom is -0.384 e. The van der Waals surface area contributed by atoms with Crippen LogP contribution in [0.25, 0.3) is 0 Å². The van der Waals surface area contributed by atoms with E-state index >= 15 is 0 Å². The lowest BCUT2D eigenvalue weighted by atomic mass is 9.96. The molecular weight excluding hydrogens is 198 g/mol. The van der Waals surface area contributed by atoms with Crippen LogP contribution in [0.5, 0.6) is 0 Å². The molecule has 1 heterocycles. The first-order chi connectivity index (χ1) is 7.58. The summed E-state index contributed by atoms with van der Waals surface area (Å²) in [7, 11) is 4.45. The summed E-state index contributed by atoms with van der Waals surface area (Å²) < 4.78 is 1.02. The van der Waals surface area contributed by atoms with Gasteiger partial charge in [-0.05, 0) is 17.2 Å².